The molecule has 0 saturated heterocycles. The van der Waals surface area contributed by atoms with Crippen LogP contribution in [-0.4, -0.2) is 46.3 Å². The zero-order valence-corrected chi connectivity index (χ0v) is 19.0. The Kier molecular flexibility index (Phi) is 7.13. The zero-order valence-electron chi connectivity index (χ0n) is 19.0. The van der Waals surface area contributed by atoms with Crippen molar-refractivity contribution < 1.29 is 20.1 Å². The maximum absolute atomic E-state index is 10.1. The van der Waals surface area contributed by atoms with Gasteiger partial charge in [-0.2, -0.15) is 0 Å². The van der Waals surface area contributed by atoms with Crippen LogP contribution in [0, 0.1) is 17.3 Å². The van der Waals surface area contributed by atoms with Crippen LogP contribution in [-0.2, 0) is 4.74 Å². The van der Waals surface area contributed by atoms with Crippen molar-refractivity contribution in [3.63, 3.8) is 0 Å². The van der Waals surface area contributed by atoms with E-state index >= 15 is 0 Å². The summed E-state index contributed by atoms with van der Waals surface area (Å²) >= 11 is 0. The van der Waals surface area contributed by atoms with E-state index in [1.807, 2.05) is 0 Å². The lowest BCUT2D eigenvalue weighted by Crippen LogP contribution is -2.35. The van der Waals surface area contributed by atoms with E-state index in [9.17, 15) is 15.3 Å². The standard InChI is InChI=1S/C26H40O4/c1-17(15-30-16-25(3,4)29)22-10-11-23-19(7-6-12-26(22,23)5)8-9-20-13-21(27)14-24(28)18(20)2/h8-9,21-24,27-29H,1-2,6-7,10-16H2,3-5H3/b19-8+,20-9-/t21-,22-,23+,24+,26-/m1/s1. The van der Waals surface area contributed by atoms with Crippen LogP contribution in [0.4, 0.5) is 0 Å². The number of aliphatic hydroxyl groups is 3. The Morgan fingerprint density at radius 2 is 2.00 bits per heavy atom. The molecule has 30 heavy (non-hydrogen) atoms. The van der Waals surface area contributed by atoms with E-state index in [1.54, 1.807) is 13.8 Å². The fourth-order valence-corrected chi connectivity index (χ4v) is 5.91. The molecule has 0 aliphatic heterocycles. The lowest BCUT2D eigenvalue weighted by atomic mass is 9.62. The quantitative estimate of drug-likeness (QED) is 0.559. The first-order chi connectivity index (χ1) is 14.0. The lowest BCUT2D eigenvalue weighted by Gasteiger charge is -2.43. The third kappa shape index (κ3) is 5.16. The van der Waals surface area contributed by atoms with Crippen LogP contribution in [0.15, 0.2) is 47.6 Å². The molecule has 168 valence electrons. The van der Waals surface area contributed by atoms with Crippen molar-refractivity contribution in [3.8, 4) is 0 Å². The summed E-state index contributed by atoms with van der Waals surface area (Å²) < 4.78 is 5.75. The molecule has 3 N–H and O–H groups in total. The molecule has 3 aliphatic rings. The molecule has 3 aliphatic carbocycles. The maximum atomic E-state index is 10.1. The highest BCUT2D eigenvalue weighted by molar-refractivity contribution is 5.39. The third-order valence-electron chi connectivity index (χ3n) is 7.46. The number of aliphatic hydroxyl groups excluding tert-OH is 2. The molecule has 0 unspecified atom stereocenters. The second-order valence-corrected chi connectivity index (χ2v) is 10.6. The number of hydrogen-bond donors (Lipinski definition) is 3. The van der Waals surface area contributed by atoms with E-state index < -0.39 is 17.8 Å². The van der Waals surface area contributed by atoms with Crippen LogP contribution in [0.25, 0.3) is 0 Å². The molecule has 3 fully saturated rings. The Bertz CT molecular complexity index is 726. The first kappa shape index (κ1) is 23.5. The Morgan fingerprint density at radius 3 is 2.70 bits per heavy atom. The highest BCUT2D eigenvalue weighted by atomic mass is 16.5. The monoisotopic (exact) mass is 416 g/mol. The molecule has 0 heterocycles. The van der Waals surface area contributed by atoms with Crippen molar-refractivity contribution in [2.75, 3.05) is 13.2 Å². The van der Waals surface area contributed by atoms with Crippen LogP contribution >= 0.6 is 0 Å². The molecule has 0 aromatic rings. The van der Waals surface area contributed by atoms with Crippen LogP contribution in [0.3, 0.4) is 0 Å². The minimum absolute atomic E-state index is 0.195. The SMILES string of the molecule is C=C(COCC(C)(C)O)[C@H]1CC[C@H]2/C(=C/C=C3/C[C@@H](O)C[C@H](O)C3=C)CCC[C@]12C. The molecule has 0 spiro atoms. The van der Waals surface area contributed by atoms with Crippen molar-refractivity contribution >= 4 is 0 Å². The van der Waals surface area contributed by atoms with E-state index in [4.69, 9.17) is 4.74 Å². The number of hydrogen-bond acceptors (Lipinski definition) is 4. The van der Waals surface area contributed by atoms with Crippen LogP contribution < -0.4 is 0 Å². The van der Waals surface area contributed by atoms with Gasteiger partial charge in [0.2, 0.25) is 0 Å². The summed E-state index contributed by atoms with van der Waals surface area (Å²) in [7, 11) is 0. The van der Waals surface area contributed by atoms with Crippen molar-refractivity contribution in [2.45, 2.75) is 83.5 Å². The first-order valence-corrected chi connectivity index (χ1v) is 11.4. The van der Waals surface area contributed by atoms with Gasteiger partial charge in [0.05, 0.1) is 31.0 Å². The van der Waals surface area contributed by atoms with Gasteiger partial charge in [0, 0.05) is 6.42 Å². The van der Waals surface area contributed by atoms with E-state index in [2.05, 4.69) is 32.2 Å². The normalized spacial score (nSPS) is 37.6. The van der Waals surface area contributed by atoms with Gasteiger partial charge < -0.3 is 20.1 Å². The molecule has 4 heteroatoms. The fourth-order valence-electron chi connectivity index (χ4n) is 5.91. The van der Waals surface area contributed by atoms with Gasteiger partial charge in [-0.15, -0.1) is 0 Å². The minimum atomic E-state index is -0.819. The van der Waals surface area contributed by atoms with Crippen molar-refractivity contribution in [2.24, 2.45) is 17.3 Å². The summed E-state index contributed by atoms with van der Waals surface area (Å²) in [6.45, 7) is 15.1. The zero-order chi connectivity index (χ0) is 22.1. The van der Waals surface area contributed by atoms with Crippen LogP contribution in [0.5, 0.6) is 0 Å². The molecular weight excluding hydrogens is 376 g/mol. The van der Waals surface area contributed by atoms with Crippen LogP contribution in [0.1, 0.15) is 65.7 Å². The molecule has 3 rings (SSSR count). The van der Waals surface area contributed by atoms with E-state index in [1.165, 1.54) is 18.4 Å². The van der Waals surface area contributed by atoms with Crippen LogP contribution in [0.2, 0.25) is 0 Å². The predicted octanol–water partition coefficient (Wildman–Crippen LogP) is 4.47. The topological polar surface area (TPSA) is 69.9 Å². The van der Waals surface area contributed by atoms with Crippen molar-refractivity contribution in [1.82, 2.24) is 0 Å². The average molecular weight is 417 g/mol. The second-order valence-electron chi connectivity index (χ2n) is 10.6. The van der Waals surface area contributed by atoms with Gasteiger partial charge >= 0.3 is 0 Å². The molecule has 3 saturated carbocycles. The van der Waals surface area contributed by atoms with Gasteiger partial charge in [-0.05, 0) is 86.3 Å². The third-order valence-corrected chi connectivity index (χ3v) is 7.46. The Morgan fingerprint density at radius 1 is 1.27 bits per heavy atom. The number of fused-ring (bicyclic) bond motifs is 1. The molecule has 0 bridgehead atoms. The number of rotatable bonds is 6. The highest BCUT2D eigenvalue weighted by Crippen LogP contribution is 2.59. The number of ether oxygens (including phenoxy) is 1. The van der Waals surface area contributed by atoms with Crippen molar-refractivity contribution in [3.05, 3.63) is 47.6 Å². The molecule has 0 radical (unpaired) electrons. The summed E-state index contributed by atoms with van der Waals surface area (Å²) in [6, 6.07) is 0. The van der Waals surface area contributed by atoms with E-state index in [0.717, 1.165) is 36.0 Å². The van der Waals surface area contributed by atoms with Gasteiger partial charge in [-0.1, -0.05) is 37.8 Å². The average Bonchev–Trinajstić information content (AvgIpc) is 3.00. The van der Waals surface area contributed by atoms with E-state index in [0.29, 0.717) is 37.9 Å². The van der Waals surface area contributed by atoms with Crippen molar-refractivity contribution in [1.29, 1.82) is 0 Å². The molecule has 5 atom stereocenters. The lowest BCUT2D eigenvalue weighted by molar-refractivity contribution is -0.0170. The molecule has 0 amide bonds. The fraction of sp³-hybridized carbons (Fsp3) is 0.692. The molecule has 0 aromatic carbocycles. The summed E-state index contributed by atoms with van der Waals surface area (Å²) in [5.74, 6) is 0.972. The highest BCUT2D eigenvalue weighted by Gasteiger charge is 2.49. The molecule has 4 nitrogen and oxygen atoms in total. The molecule has 0 aromatic heterocycles. The minimum Gasteiger partial charge on any atom is -0.393 e. The first-order valence-electron chi connectivity index (χ1n) is 11.4. The smallest absolute Gasteiger partial charge is 0.0824 e. The van der Waals surface area contributed by atoms with Gasteiger partial charge in [0.25, 0.3) is 0 Å². The summed E-state index contributed by atoms with van der Waals surface area (Å²) in [6.07, 6.45) is 9.91. The summed E-state index contributed by atoms with van der Waals surface area (Å²) in [5, 5.41) is 30.0. The summed E-state index contributed by atoms with van der Waals surface area (Å²) in [4.78, 5) is 0. The van der Waals surface area contributed by atoms with Gasteiger partial charge in [-0.3, -0.25) is 0 Å². The largest absolute Gasteiger partial charge is 0.393 e. The second kappa shape index (κ2) is 9.12. The number of allylic oxidation sites excluding steroid dienone is 3. The maximum Gasteiger partial charge on any atom is 0.0824 e. The van der Waals surface area contributed by atoms with Gasteiger partial charge in [0.15, 0.2) is 0 Å². The van der Waals surface area contributed by atoms with E-state index in [-0.39, 0.29) is 5.41 Å². The predicted molar refractivity (Wildman–Crippen MR) is 121 cm³/mol. The van der Waals surface area contributed by atoms with Gasteiger partial charge in [0.1, 0.15) is 0 Å². The Labute approximate surface area is 182 Å². The van der Waals surface area contributed by atoms with Gasteiger partial charge in [-0.25, -0.2) is 0 Å². The summed E-state index contributed by atoms with van der Waals surface area (Å²) in [5.41, 5.74) is 3.72. The Hall–Kier alpha value is -1.20. The molecular formula is C26H40O4. The Balaban J connectivity index is 1.71.